The summed E-state index contributed by atoms with van der Waals surface area (Å²) in [4.78, 5) is 29.4. The van der Waals surface area contributed by atoms with Crippen LogP contribution in [0.15, 0.2) is 36.5 Å². The lowest BCUT2D eigenvalue weighted by atomic mass is 10.2. The number of ether oxygens (including phenoxy) is 2. The molecule has 0 bridgehead atoms. The van der Waals surface area contributed by atoms with E-state index in [9.17, 15) is 9.59 Å². The molecule has 7 heteroatoms. The van der Waals surface area contributed by atoms with Crippen LogP contribution in [0, 0.1) is 0 Å². The summed E-state index contributed by atoms with van der Waals surface area (Å²) in [6.45, 7) is 0.309. The number of hydrogen-bond acceptors (Lipinski definition) is 5. The molecule has 0 N–H and O–H groups in total. The average molecular weight is 349 g/mol. The van der Waals surface area contributed by atoms with Gasteiger partial charge in [0, 0.05) is 30.4 Å². The summed E-state index contributed by atoms with van der Waals surface area (Å²) < 4.78 is 9.88. The van der Waals surface area contributed by atoms with E-state index in [-0.39, 0.29) is 17.2 Å². The summed E-state index contributed by atoms with van der Waals surface area (Å²) in [5, 5.41) is 0.562. The Balaban J connectivity index is 2.15. The number of nitrogens with zero attached hydrogens (tertiary/aromatic N) is 2. The Labute approximate surface area is 145 Å². The molecular formula is C17H17ClN2O4. The van der Waals surface area contributed by atoms with Gasteiger partial charge in [-0.15, -0.1) is 0 Å². The predicted molar refractivity (Wildman–Crippen MR) is 89.4 cm³/mol. The van der Waals surface area contributed by atoms with E-state index in [1.165, 1.54) is 30.3 Å². The van der Waals surface area contributed by atoms with E-state index in [0.29, 0.717) is 17.3 Å². The maximum atomic E-state index is 12.5. The van der Waals surface area contributed by atoms with Gasteiger partial charge in [0.2, 0.25) is 0 Å². The van der Waals surface area contributed by atoms with Crippen molar-refractivity contribution in [1.29, 1.82) is 0 Å². The van der Waals surface area contributed by atoms with Crippen molar-refractivity contribution in [3.63, 3.8) is 0 Å². The van der Waals surface area contributed by atoms with E-state index in [1.54, 1.807) is 32.4 Å². The molecule has 1 heterocycles. The van der Waals surface area contributed by atoms with Crippen LogP contribution in [-0.4, -0.2) is 43.0 Å². The third-order valence-electron chi connectivity index (χ3n) is 3.40. The van der Waals surface area contributed by atoms with Gasteiger partial charge in [0.05, 0.1) is 19.8 Å². The predicted octanol–water partition coefficient (Wildman–Crippen LogP) is 2.80. The van der Waals surface area contributed by atoms with Crippen molar-refractivity contribution in [2.24, 2.45) is 0 Å². The second-order valence-corrected chi connectivity index (χ2v) is 5.48. The molecule has 126 valence electrons. The van der Waals surface area contributed by atoms with Gasteiger partial charge in [-0.25, -0.2) is 4.79 Å². The van der Waals surface area contributed by atoms with Crippen molar-refractivity contribution in [1.82, 2.24) is 9.88 Å². The van der Waals surface area contributed by atoms with Gasteiger partial charge in [-0.3, -0.25) is 9.78 Å². The third kappa shape index (κ3) is 4.02. The molecule has 0 fully saturated rings. The van der Waals surface area contributed by atoms with Crippen molar-refractivity contribution in [3.05, 3.63) is 58.4 Å². The van der Waals surface area contributed by atoms with Gasteiger partial charge in [0.1, 0.15) is 11.4 Å². The normalized spacial score (nSPS) is 10.2. The molecule has 0 radical (unpaired) electrons. The lowest BCUT2D eigenvalue weighted by Gasteiger charge is -2.18. The SMILES string of the molecule is COC(=O)c1ccc(C(=O)N(C)Cc2cc(Cl)ccc2OC)nc1. The Kier molecular flexibility index (Phi) is 5.76. The Morgan fingerprint density at radius 2 is 1.96 bits per heavy atom. The number of amides is 1. The van der Waals surface area contributed by atoms with Crippen molar-refractivity contribution in [2.45, 2.75) is 6.54 Å². The second kappa shape index (κ2) is 7.79. The Bertz CT molecular complexity index is 747. The minimum Gasteiger partial charge on any atom is -0.496 e. The van der Waals surface area contributed by atoms with Gasteiger partial charge >= 0.3 is 5.97 Å². The molecule has 0 atom stereocenters. The third-order valence-corrected chi connectivity index (χ3v) is 3.64. The number of pyridine rings is 1. The van der Waals surface area contributed by atoms with Gasteiger partial charge in [0.25, 0.3) is 5.91 Å². The number of methoxy groups -OCH3 is 2. The Morgan fingerprint density at radius 3 is 2.54 bits per heavy atom. The zero-order valence-electron chi connectivity index (χ0n) is 13.6. The van der Waals surface area contributed by atoms with Gasteiger partial charge in [-0.1, -0.05) is 11.6 Å². The molecule has 24 heavy (non-hydrogen) atoms. The maximum absolute atomic E-state index is 12.5. The summed E-state index contributed by atoms with van der Waals surface area (Å²) in [5.41, 5.74) is 1.30. The van der Waals surface area contributed by atoms with Crippen LogP contribution in [0.1, 0.15) is 26.4 Å². The minimum atomic E-state index is -0.501. The molecule has 6 nitrogen and oxygen atoms in total. The van der Waals surface area contributed by atoms with Crippen LogP contribution in [0.5, 0.6) is 5.75 Å². The van der Waals surface area contributed by atoms with Crippen molar-refractivity contribution < 1.29 is 19.1 Å². The molecule has 0 aliphatic carbocycles. The summed E-state index contributed by atoms with van der Waals surface area (Å²) >= 11 is 6.00. The lowest BCUT2D eigenvalue weighted by Crippen LogP contribution is -2.27. The van der Waals surface area contributed by atoms with Crippen LogP contribution in [0.25, 0.3) is 0 Å². The second-order valence-electron chi connectivity index (χ2n) is 5.04. The zero-order valence-corrected chi connectivity index (χ0v) is 14.3. The molecular weight excluding hydrogens is 332 g/mol. The number of carbonyl (C=O) groups is 2. The standard InChI is InChI=1S/C17H17ClN2O4/c1-20(10-12-8-13(18)5-7-15(12)23-2)16(21)14-6-4-11(9-19-14)17(22)24-3/h4-9H,10H2,1-3H3. The van der Waals surface area contributed by atoms with E-state index >= 15 is 0 Å². The smallest absolute Gasteiger partial charge is 0.339 e. The summed E-state index contributed by atoms with van der Waals surface area (Å²) in [5.74, 6) is -0.139. The highest BCUT2D eigenvalue weighted by atomic mass is 35.5. The fourth-order valence-electron chi connectivity index (χ4n) is 2.15. The number of halogens is 1. The first kappa shape index (κ1) is 17.7. The number of carbonyl (C=O) groups excluding carboxylic acids is 2. The number of aromatic nitrogens is 1. The highest BCUT2D eigenvalue weighted by Gasteiger charge is 2.16. The van der Waals surface area contributed by atoms with Crippen LogP contribution in [0.2, 0.25) is 5.02 Å². The highest BCUT2D eigenvalue weighted by molar-refractivity contribution is 6.30. The fraction of sp³-hybridized carbons (Fsp3) is 0.235. The van der Waals surface area contributed by atoms with Crippen molar-refractivity contribution in [3.8, 4) is 5.75 Å². The number of esters is 1. The summed E-state index contributed by atoms with van der Waals surface area (Å²) in [6.07, 6.45) is 1.31. The molecule has 2 aromatic rings. The molecule has 0 unspecified atom stereocenters. The summed E-state index contributed by atoms with van der Waals surface area (Å²) in [7, 11) is 4.49. The number of hydrogen-bond donors (Lipinski definition) is 0. The maximum Gasteiger partial charge on any atom is 0.339 e. The van der Waals surface area contributed by atoms with Gasteiger partial charge in [-0.05, 0) is 30.3 Å². The van der Waals surface area contributed by atoms with Gasteiger partial charge in [0.15, 0.2) is 0 Å². The molecule has 1 aromatic carbocycles. The molecule has 0 saturated carbocycles. The van der Waals surface area contributed by atoms with Crippen molar-refractivity contribution in [2.75, 3.05) is 21.3 Å². The minimum absolute atomic E-state index is 0.228. The number of benzene rings is 1. The molecule has 1 aromatic heterocycles. The molecule has 1 amide bonds. The van der Waals surface area contributed by atoms with Crippen LogP contribution in [-0.2, 0) is 11.3 Å². The van der Waals surface area contributed by atoms with Gasteiger partial charge < -0.3 is 14.4 Å². The molecule has 2 rings (SSSR count). The van der Waals surface area contributed by atoms with Crippen LogP contribution < -0.4 is 4.74 Å². The van der Waals surface area contributed by atoms with E-state index < -0.39 is 5.97 Å². The van der Waals surface area contributed by atoms with Gasteiger partial charge in [-0.2, -0.15) is 0 Å². The molecule has 0 aliphatic rings. The largest absolute Gasteiger partial charge is 0.496 e. The first-order chi connectivity index (χ1) is 11.5. The van der Waals surface area contributed by atoms with Crippen LogP contribution >= 0.6 is 11.6 Å². The first-order valence-corrected chi connectivity index (χ1v) is 7.46. The van der Waals surface area contributed by atoms with Crippen molar-refractivity contribution >= 4 is 23.5 Å². The Morgan fingerprint density at radius 1 is 1.21 bits per heavy atom. The summed E-state index contributed by atoms with van der Waals surface area (Å²) in [6, 6.07) is 8.20. The van der Waals surface area contributed by atoms with Crippen LogP contribution in [0.3, 0.4) is 0 Å². The average Bonchev–Trinajstić information content (AvgIpc) is 2.60. The highest BCUT2D eigenvalue weighted by Crippen LogP contribution is 2.24. The van der Waals surface area contributed by atoms with Crippen LogP contribution in [0.4, 0.5) is 0 Å². The Hall–Kier alpha value is -2.60. The molecule has 0 spiro atoms. The van der Waals surface area contributed by atoms with E-state index in [0.717, 1.165) is 5.56 Å². The quantitative estimate of drug-likeness (QED) is 0.777. The zero-order chi connectivity index (χ0) is 17.7. The van der Waals surface area contributed by atoms with E-state index in [4.69, 9.17) is 16.3 Å². The molecule has 0 aliphatic heterocycles. The number of rotatable bonds is 5. The lowest BCUT2D eigenvalue weighted by molar-refractivity contribution is 0.0599. The topological polar surface area (TPSA) is 68.7 Å². The van der Waals surface area contributed by atoms with E-state index in [2.05, 4.69) is 9.72 Å². The fourth-order valence-corrected chi connectivity index (χ4v) is 2.35. The first-order valence-electron chi connectivity index (χ1n) is 7.08. The molecule has 0 saturated heterocycles. The monoisotopic (exact) mass is 348 g/mol. The van der Waals surface area contributed by atoms with E-state index in [1.807, 2.05) is 0 Å².